The van der Waals surface area contributed by atoms with Crippen molar-refractivity contribution >= 4 is 21.6 Å². The van der Waals surface area contributed by atoms with Crippen molar-refractivity contribution in [1.82, 2.24) is 0 Å². The summed E-state index contributed by atoms with van der Waals surface area (Å²) in [5.41, 5.74) is 0.991. The standard InChI is InChI=1S/C8H10BrNO/c1-10(2)6-3-4-7(9)8(11)5-6/h3-5,11H,1-2H3. The number of benzene rings is 1. The Kier molecular flexibility index (Phi) is 2.39. The second kappa shape index (κ2) is 3.13. The number of anilines is 1. The maximum absolute atomic E-state index is 9.28. The van der Waals surface area contributed by atoms with Gasteiger partial charge in [-0.2, -0.15) is 0 Å². The first-order valence-corrected chi connectivity index (χ1v) is 4.06. The van der Waals surface area contributed by atoms with E-state index in [0.29, 0.717) is 0 Å². The van der Waals surface area contributed by atoms with E-state index >= 15 is 0 Å². The van der Waals surface area contributed by atoms with Crippen LogP contribution >= 0.6 is 15.9 Å². The maximum atomic E-state index is 9.28. The smallest absolute Gasteiger partial charge is 0.131 e. The van der Waals surface area contributed by atoms with Gasteiger partial charge >= 0.3 is 0 Å². The fraction of sp³-hybridized carbons (Fsp3) is 0.250. The number of hydrogen-bond donors (Lipinski definition) is 1. The van der Waals surface area contributed by atoms with Gasteiger partial charge in [-0.25, -0.2) is 0 Å². The van der Waals surface area contributed by atoms with Crippen LogP contribution in [0, 0.1) is 0 Å². The van der Waals surface area contributed by atoms with Crippen molar-refractivity contribution < 1.29 is 5.11 Å². The summed E-state index contributed by atoms with van der Waals surface area (Å²) in [6.07, 6.45) is 0. The molecule has 0 saturated heterocycles. The van der Waals surface area contributed by atoms with Crippen molar-refractivity contribution in [3.63, 3.8) is 0 Å². The van der Waals surface area contributed by atoms with Gasteiger partial charge in [0, 0.05) is 25.8 Å². The van der Waals surface area contributed by atoms with Gasteiger partial charge < -0.3 is 10.0 Å². The van der Waals surface area contributed by atoms with E-state index in [4.69, 9.17) is 0 Å². The van der Waals surface area contributed by atoms with Gasteiger partial charge in [0.2, 0.25) is 0 Å². The van der Waals surface area contributed by atoms with E-state index in [1.54, 1.807) is 6.07 Å². The number of rotatable bonds is 1. The number of hydrogen-bond acceptors (Lipinski definition) is 2. The Hall–Kier alpha value is -0.700. The van der Waals surface area contributed by atoms with E-state index in [2.05, 4.69) is 15.9 Å². The zero-order chi connectivity index (χ0) is 8.43. The second-order valence-electron chi connectivity index (χ2n) is 2.53. The van der Waals surface area contributed by atoms with Gasteiger partial charge in [0.1, 0.15) is 5.75 Å². The summed E-state index contributed by atoms with van der Waals surface area (Å²) in [5, 5.41) is 9.28. The SMILES string of the molecule is CN(C)c1ccc(Br)c(O)c1. The van der Waals surface area contributed by atoms with Crippen LogP contribution in [0.3, 0.4) is 0 Å². The molecule has 2 nitrogen and oxygen atoms in total. The molecule has 0 aliphatic carbocycles. The molecule has 0 saturated carbocycles. The van der Waals surface area contributed by atoms with Crippen molar-refractivity contribution in [2.24, 2.45) is 0 Å². The quantitative estimate of drug-likeness (QED) is 0.777. The van der Waals surface area contributed by atoms with Gasteiger partial charge in [0.05, 0.1) is 4.47 Å². The molecule has 0 spiro atoms. The van der Waals surface area contributed by atoms with E-state index < -0.39 is 0 Å². The lowest BCUT2D eigenvalue weighted by Gasteiger charge is -2.12. The normalized spacial score (nSPS) is 9.73. The number of phenolic OH excluding ortho intramolecular Hbond substituents is 1. The molecule has 0 fully saturated rings. The predicted octanol–water partition coefficient (Wildman–Crippen LogP) is 2.22. The molecule has 11 heavy (non-hydrogen) atoms. The van der Waals surface area contributed by atoms with E-state index in [9.17, 15) is 5.11 Å². The molecule has 60 valence electrons. The van der Waals surface area contributed by atoms with Crippen molar-refractivity contribution in [2.75, 3.05) is 19.0 Å². The first-order chi connectivity index (χ1) is 5.11. The van der Waals surface area contributed by atoms with Gasteiger partial charge in [-0.05, 0) is 28.1 Å². The lowest BCUT2D eigenvalue weighted by molar-refractivity contribution is 0.472. The molecule has 0 aliphatic rings. The lowest BCUT2D eigenvalue weighted by Crippen LogP contribution is -2.07. The van der Waals surface area contributed by atoms with Crippen molar-refractivity contribution in [1.29, 1.82) is 0 Å². The molecule has 0 aromatic heterocycles. The summed E-state index contributed by atoms with van der Waals surface area (Å²) in [6, 6.07) is 5.47. The summed E-state index contributed by atoms with van der Waals surface area (Å²) < 4.78 is 0.725. The number of aromatic hydroxyl groups is 1. The molecule has 0 atom stereocenters. The molecule has 0 heterocycles. The summed E-state index contributed by atoms with van der Waals surface area (Å²) in [5.74, 6) is 0.274. The zero-order valence-electron chi connectivity index (χ0n) is 6.50. The van der Waals surface area contributed by atoms with Gasteiger partial charge in [-0.3, -0.25) is 0 Å². The highest BCUT2D eigenvalue weighted by Crippen LogP contribution is 2.27. The van der Waals surface area contributed by atoms with Crippen molar-refractivity contribution in [3.8, 4) is 5.75 Å². The topological polar surface area (TPSA) is 23.5 Å². The highest BCUT2D eigenvalue weighted by Gasteiger charge is 1.99. The van der Waals surface area contributed by atoms with E-state index in [1.165, 1.54) is 0 Å². The molecule has 0 bridgehead atoms. The Bertz CT molecular complexity index is 260. The third-order valence-corrected chi connectivity index (χ3v) is 2.12. The molecule has 1 aromatic carbocycles. The average Bonchev–Trinajstić information content (AvgIpc) is 1.94. The van der Waals surface area contributed by atoms with Crippen molar-refractivity contribution in [2.45, 2.75) is 0 Å². The first kappa shape index (κ1) is 8.40. The highest BCUT2D eigenvalue weighted by molar-refractivity contribution is 9.10. The lowest BCUT2D eigenvalue weighted by atomic mass is 10.3. The molecule has 1 aromatic rings. The Balaban J connectivity index is 3.05. The largest absolute Gasteiger partial charge is 0.507 e. The summed E-state index contributed by atoms with van der Waals surface area (Å²) >= 11 is 3.21. The highest BCUT2D eigenvalue weighted by atomic mass is 79.9. The maximum Gasteiger partial charge on any atom is 0.131 e. The van der Waals surface area contributed by atoms with E-state index in [0.717, 1.165) is 10.2 Å². The van der Waals surface area contributed by atoms with Crippen LogP contribution in [0.4, 0.5) is 5.69 Å². The number of nitrogens with zero attached hydrogens (tertiary/aromatic N) is 1. The van der Waals surface area contributed by atoms with Gasteiger partial charge in [0.15, 0.2) is 0 Å². The van der Waals surface area contributed by atoms with Gasteiger partial charge in [-0.1, -0.05) is 0 Å². The molecule has 0 unspecified atom stereocenters. The first-order valence-electron chi connectivity index (χ1n) is 3.27. The summed E-state index contributed by atoms with van der Waals surface area (Å²) in [6.45, 7) is 0. The summed E-state index contributed by atoms with van der Waals surface area (Å²) in [4.78, 5) is 1.94. The second-order valence-corrected chi connectivity index (χ2v) is 3.38. The number of phenols is 1. The zero-order valence-corrected chi connectivity index (χ0v) is 8.09. The molecule has 1 rings (SSSR count). The molecule has 0 aliphatic heterocycles. The Labute approximate surface area is 74.6 Å². The fourth-order valence-corrected chi connectivity index (χ4v) is 1.03. The molecule has 1 N–H and O–H groups in total. The van der Waals surface area contributed by atoms with Crippen LogP contribution in [-0.2, 0) is 0 Å². The van der Waals surface area contributed by atoms with Crippen LogP contribution in [0.15, 0.2) is 22.7 Å². The predicted molar refractivity (Wildman–Crippen MR) is 50.1 cm³/mol. The third-order valence-electron chi connectivity index (χ3n) is 1.45. The Morgan fingerprint density at radius 3 is 2.45 bits per heavy atom. The summed E-state index contributed by atoms with van der Waals surface area (Å²) in [7, 11) is 3.87. The van der Waals surface area contributed by atoms with Gasteiger partial charge in [0.25, 0.3) is 0 Å². The molecule has 3 heteroatoms. The average molecular weight is 216 g/mol. The molecule has 0 radical (unpaired) electrons. The molecular weight excluding hydrogens is 206 g/mol. The third kappa shape index (κ3) is 1.87. The van der Waals surface area contributed by atoms with Crippen LogP contribution in [0.2, 0.25) is 0 Å². The van der Waals surface area contributed by atoms with Crippen LogP contribution in [0.25, 0.3) is 0 Å². The Morgan fingerprint density at radius 2 is 2.00 bits per heavy atom. The minimum atomic E-state index is 0.274. The van der Waals surface area contributed by atoms with E-state index in [-0.39, 0.29) is 5.75 Å². The molecule has 0 amide bonds. The minimum Gasteiger partial charge on any atom is -0.507 e. The molecular formula is C8H10BrNO. The van der Waals surface area contributed by atoms with Crippen LogP contribution in [0.1, 0.15) is 0 Å². The van der Waals surface area contributed by atoms with Gasteiger partial charge in [-0.15, -0.1) is 0 Å². The van der Waals surface area contributed by atoms with Crippen molar-refractivity contribution in [3.05, 3.63) is 22.7 Å². The monoisotopic (exact) mass is 215 g/mol. The Morgan fingerprint density at radius 1 is 1.36 bits per heavy atom. The fourth-order valence-electron chi connectivity index (χ4n) is 0.779. The van der Waals surface area contributed by atoms with Crippen LogP contribution < -0.4 is 4.90 Å². The number of halogens is 1. The van der Waals surface area contributed by atoms with Crippen LogP contribution in [-0.4, -0.2) is 19.2 Å². The van der Waals surface area contributed by atoms with Crippen LogP contribution in [0.5, 0.6) is 5.75 Å². The van der Waals surface area contributed by atoms with E-state index in [1.807, 2.05) is 31.1 Å². The minimum absolute atomic E-state index is 0.274.